The topological polar surface area (TPSA) is 70.9 Å². The third-order valence-corrected chi connectivity index (χ3v) is 3.49. The summed E-state index contributed by atoms with van der Waals surface area (Å²) in [5.74, 6) is 0.0316. The minimum Gasteiger partial charge on any atom is -0.411 e. The number of amides is 1. The number of hydrogen-bond donors (Lipinski definition) is 2. The van der Waals surface area contributed by atoms with Gasteiger partial charge in [0.15, 0.2) is 0 Å². The van der Waals surface area contributed by atoms with Gasteiger partial charge in [-0.25, -0.2) is 0 Å². The second-order valence-electron chi connectivity index (χ2n) is 4.78. The first kappa shape index (κ1) is 12.4. The van der Waals surface area contributed by atoms with E-state index in [4.69, 9.17) is 9.94 Å². The summed E-state index contributed by atoms with van der Waals surface area (Å²) in [6.45, 7) is 0.769. The number of hydrogen-bond acceptors (Lipinski definition) is 4. The van der Waals surface area contributed by atoms with Gasteiger partial charge in [0.05, 0.1) is 11.8 Å². The molecule has 0 spiro atoms. The monoisotopic (exact) mass is 240 g/mol. The van der Waals surface area contributed by atoms with E-state index < -0.39 is 0 Å². The van der Waals surface area contributed by atoms with Gasteiger partial charge in [-0.05, 0) is 44.9 Å². The van der Waals surface area contributed by atoms with Gasteiger partial charge in [-0.2, -0.15) is 0 Å². The molecule has 1 aliphatic heterocycles. The summed E-state index contributed by atoms with van der Waals surface area (Å²) in [7, 11) is 0. The largest absolute Gasteiger partial charge is 0.411 e. The molecule has 1 unspecified atom stereocenters. The molecule has 2 fully saturated rings. The summed E-state index contributed by atoms with van der Waals surface area (Å²) >= 11 is 0. The zero-order valence-electron chi connectivity index (χ0n) is 10.0. The molecule has 1 amide bonds. The number of oxime groups is 1. The van der Waals surface area contributed by atoms with E-state index in [1.165, 1.54) is 0 Å². The molecule has 5 heteroatoms. The average molecular weight is 240 g/mol. The Bertz CT molecular complexity index is 294. The minimum atomic E-state index is -0.282. The normalized spacial score (nSPS) is 30.6. The third-order valence-electron chi connectivity index (χ3n) is 3.49. The van der Waals surface area contributed by atoms with Crippen LogP contribution in [-0.4, -0.2) is 35.6 Å². The molecular weight excluding hydrogens is 220 g/mol. The zero-order valence-corrected chi connectivity index (χ0v) is 10.0. The Hall–Kier alpha value is -1.10. The fourth-order valence-corrected chi connectivity index (χ4v) is 2.43. The van der Waals surface area contributed by atoms with Crippen LogP contribution >= 0.6 is 0 Å². The number of nitrogens with one attached hydrogen (secondary N) is 1. The Labute approximate surface area is 101 Å². The van der Waals surface area contributed by atoms with Crippen LogP contribution in [0.25, 0.3) is 0 Å². The Morgan fingerprint density at radius 2 is 2.00 bits per heavy atom. The van der Waals surface area contributed by atoms with Crippen molar-refractivity contribution in [1.29, 1.82) is 0 Å². The van der Waals surface area contributed by atoms with Gasteiger partial charge in [0, 0.05) is 6.54 Å². The fourth-order valence-electron chi connectivity index (χ4n) is 2.43. The highest BCUT2D eigenvalue weighted by molar-refractivity contribution is 5.84. The SMILES string of the molecule is O=C1NCCCCC1OC1CCC(=NO)CC1. The van der Waals surface area contributed by atoms with Gasteiger partial charge >= 0.3 is 0 Å². The molecule has 0 bridgehead atoms. The quantitative estimate of drug-likeness (QED) is 0.567. The molecule has 0 aromatic rings. The molecule has 1 atom stereocenters. The van der Waals surface area contributed by atoms with E-state index in [2.05, 4.69) is 10.5 Å². The van der Waals surface area contributed by atoms with Crippen molar-refractivity contribution in [1.82, 2.24) is 5.32 Å². The van der Waals surface area contributed by atoms with Crippen LogP contribution in [-0.2, 0) is 9.53 Å². The Morgan fingerprint density at radius 3 is 2.71 bits per heavy atom. The standard InChI is InChI=1S/C12H20N2O3/c15-12-11(3-1-2-8-13-12)17-10-6-4-9(14-16)5-7-10/h10-11,16H,1-8H2,(H,13,15). The lowest BCUT2D eigenvalue weighted by atomic mass is 9.95. The molecule has 0 aromatic heterocycles. The molecule has 2 rings (SSSR count). The molecule has 5 nitrogen and oxygen atoms in total. The first-order valence-electron chi connectivity index (χ1n) is 6.42. The van der Waals surface area contributed by atoms with Gasteiger partial charge in [0.1, 0.15) is 6.10 Å². The molecular formula is C12H20N2O3. The number of nitrogens with zero attached hydrogens (tertiary/aromatic N) is 1. The van der Waals surface area contributed by atoms with Gasteiger partial charge in [0.25, 0.3) is 0 Å². The average Bonchev–Trinajstić information content (AvgIpc) is 2.56. The zero-order chi connectivity index (χ0) is 12.1. The highest BCUT2D eigenvalue weighted by atomic mass is 16.5. The van der Waals surface area contributed by atoms with Crippen molar-refractivity contribution < 1.29 is 14.7 Å². The van der Waals surface area contributed by atoms with E-state index >= 15 is 0 Å². The van der Waals surface area contributed by atoms with E-state index in [0.717, 1.165) is 57.2 Å². The molecule has 1 saturated carbocycles. The predicted molar refractivity (Wildman–Crippen MR) is 63.2 cm³/mol. The van der Waals surface area contributed by atoms with Gasteiger partial charge in [-0.1, -0.05) is 5.16 Å². The molecule has 96 valence electrons. The Balaban J connectivity index is 1.82. The first-order chi connectivity index (χ1) is 8.29. The van der Waals surface area contributed by atoms with Crippen LogP contribution in [0.1, 0.15) is 44.9 Å². The van der Waals surface area contributed by atoms with Crippen molar-refractivity contribution in [3.63, 3.8) is 0 Å². The molecule has 2 aliphatic rings. The second-order valence-corrected chi connectivity index (χ2v) is 4.78. The third kappa shape index (κ3) is 3.43. The molecule has 0 radical (unpaired) electrons. The lowest BCUT2D eigenvalue weighted by molar-refractivity contribution is -0.137. The lowest BCUT2D eigenvalue weighted by Crippen LogP contribution is -2.38. The van der Waals surface area contributed by atoms with E-state index in [1.807, 2.05) is 0 Å². The molecule has 0 aromatic carbocycles. The predicted octanol–water partition coefficient (Wildman–Crippen LogP) is 1.44. The minimum absolute atomic E-state index is 0.0316. The van der Waals surface area contributed by atoms with Crippen molar-refractivity contribution in [2.75, 3.05) is 6.54 Å². The van der Waals surface area contributed by atoms with Crippen LogP contribution in [0.3, 0.4) is 0 Å². The molecule has 17 heavy (non-hydrogen) atoms. The van der Waals surface area contributed by atoms with Gasteiger partial charge in [-0.15, -0.1) is 0 Å². The Morgan fingerprint density at radius 1 is 1.24 bits per heavy atom. The second kappa shape index (κ2) is 6.00. The van der Waals surface area contributed by atoms with E-state index in [9.17, 15) is 4.79 Å². The lowest BCUT2D eigenvalue weighted by Gasteiger charge is -2.26. The van der Waals surface area contributed by atoms with Gasteiger partial charge < -0.3 is 15.3 Å². The van der Waals surface area contributed by atoms with Crippen LogP contribution in [0.15, 0.2) is 5.16 Å². The highest BCUT2D eigenvalue weighted by Crippen LogP contribution is 2.22. The summed E-state index contributed by atoms with van der Waals surface area (Å²) in [5, 5.41) is 14.8. The summed E-state index contributed by atoms with van der Waals surface area (Å²) in [4.78, 5) is 11.7. The summed E-state index contributed by atoms with van der Waals surface area (Å²) < 4.78 is 5.87. The molecule has 1 aliphatic carbocycles. The van der Waals surface area contributed by atoms with Crippen molar-refractivity contribution >= 4 is 11.6 Å². The molecule has 2 N–H and O–H groups in total. The van der Waals surface area contributed by atoms with Crippen molar-refractivity contribution in [2.45, 2.75) is 57.2 Å². The fraction of sp³-hybridized carbons (Fsp3) is 0.833. The maximum atomic E-state index is 11.7. The number of carbonyl (C=O) groups excluding carboxylic acids is 1. The number of carbonyl (C=O) groups is 1. The van der Waals surface area contributed by atoms with Crippen molar-refractivity contribution in [3.05, 3.63) is 0 Å². The van der Waals surface area contributed by atoms with Crippen LogP contribution in [0, 0.1) is 0 Å². The molecule has 1 saturated heterocycles. The van der Waals surface area contributed by atoms with Crippen LogP contribution in [0.2, 0.25) is 0 Å². The van der Waals surface area contributed by atoms with Crippen molar-refractivity contribution in [2.24, 2.45) is 5.16 Å². The van der Waals surface area contributed by atoms with Gasteiger partial charge in [-0.3, -0.25) is 4.79 Å². The van der Waals surface area contributed by atoms with E-state index in [-0.39, 0.29) is 18.1 Å². The van der Waals surface area contributed by atoms with E-state index in [1.54, 1.807) is 0 Å². The summed E-state index contributed by atoms with van der Waals surface area (Å²) in [6.07, 6.45) is 6.00. The maximum Gasteiger partial charge on any atom is 0.249 e. The Kier molecular flexibility index (Phi) is 4.36. The number of ether oxygens (including phenoxy) is 1. The summed E-state index contributed by atoms with van der Waals surface area (Å²) in [6, 6.07) is 0. The van der Waals surface area contributed by atoms with E-state index in [0.29, 0.717) is 0 Å². The maximum absolute atomic E-state index is 11.7. The smallest absolute Gasteiger partial charge is 0.249 e. The van der Waals surface area contributed by atoms with Crippen LogP contribution in [0.5, 0.6) is 0 Å². The van der Waals surface area contributed by atoms with Crippen LogP contribution < -0.4 is 5.32 Å². The van der Waals surface area contributed by atoms with Gasteiger partial charge in [0.2, 0.25) is 5.91 Å². The molecule has 1 heterocycles. The van der Waals surface area contributed by atoms with Crippen molar-refractivity contribution in [3.8, 4) is 0 Å². The first-order valence-corrected chi connectivity index (χ1v) is 6.42. The number of rotatable bonds is 2. The summed E-state index contributed by atoms with van der Waals surface area (Å²) in [5.41, 5.74) is 0.843. The highest BCUT2D eigenvalue weighted by Gasteiger charge is 2.27. The van der Waals surface area contributed by atoms with Crippen LogP contribution in [0.4, 0.5) is 0 Å².